The Morgan fingerprint density at radius 2 is 0.839 bits per heavy atom. The van der Waals surface area contributed by atoms with Gasteiger partial charge in [-0.3, -0.25) is 38.4 Å². The maximum atomic E-state index is 13.6. The Hall–Kier alpha value is -4.96. The third-order valence-corrected chi connectivity index (χ3v) is 14.0. The van der Waals surface area contributed by atoms with E-state index in [-0.39, 0.29) is 137 Å². The number of aliphatic hydroxyl groups excluding tert-OH is 9. The maximum Gasteiger partial charge on any atom is 0.222 e. The minimum absolute atomic E-state index is 0.0391. The van der Waals surface area contributed by atoms with E-state index < -0.39 is 164 Å². The van der Waals surface area contributed by atoms with Gasteiger partial charge in [-0.05, 0) is 25.7 Å². The van der Waals surface area contributed by atoms with Crippen LogP contribution in [0.5, 0.6) is 0 Å². The van der Waals surface area contributed by atoms with Gasteiger partial charge in [-0.2, -0.15) is 0 Å². The first kappa shape index (κ1) is 76.3. The second-order valence-corrected chi connectivity index (χ2v) is 21.3. The highest BCUT2D eigenvalue weighted by Gasteiger charge is 2.47. The topological polar surface area (TPSA) is 498 Å². The summed E-state index contributed by atoms with van der Waals surface area (Å²) in [5, 5.41) is 112. The Balaban J connectivity index is 1.63. The van der Waals surface area contributed by atoms with Crippen LogP contribution in [0, 0.1) is 5.92 Å². The summed E-state index contributed by atoms with van der Waals surface area (Å²) >= 11 is 0. The predicted molar refractivity (Wildman–Crippen MR) is 296 cm³/mol. The number of carbonyl (C=O) groups is 8. The lowest BCUT2D eigenvalue weighted by Crippen LogP contribution is -2.64. The zero-order valence-corrected chi connectivity index (χ0v) is 49.8. The van der Waals surface area contributed by atoms with Crippen molar-refractivity contribution in [3.05, 3.63) is 0 Å². The van der Waals surface area contributed by atoms with Crippen molar-refractivity contribution in [2.75, 3.05) is 113 Å². The van der Waals surface area contributed by atoms with Crippen molar-refractivity contribution >= 4 is 47.3 Å². The second kappa shape index (κ2) is 41.4. The summed E-state index contributed by atoms with van der Waals surface area (Å²) in [4.78, 5) is 100. The Kier molecular flexibility index (Phi) is 36.3. The molecule has 2 aliphatic heterocycles. The van der Waals surface area contributed by atoms with Crippen LogP contribution in [0.3, 0.4) is 0 Å². The van der Waals surface area contributed by atoms with Crippen LogP contribution in [0.1, 0.15) is 78.6 Å². The van der Waals surface area contributed by atoms with E-state index in [1.807, 2.05) is 0 Å². The maximum absolute atomic E-state index is 13.6. The highest BCUT2D eigenvalue weighted by molar-refractivity contribution is 5.84. The van der Waals surface area contributed by atoms with Crippen molar-refractivity contribution in [2.45, 2.75) is 170 Å². The summed E-state index contributed by atoms with van der Waals surface area (Å²) in [6.45, 7) is 0.499. The molecule has 0 spiro atoms. The van der Waals surface area contributed by atoms with Gasteiger partial charge in [0.2, 0.25) is 47.3 Å². The van der Waals surface area contributed by atoms with Gasteiger partial charge in [-0.15, -0.1) is 0 Å². The lowest BCUT2D eigenvalue weighted by molar-refractivity contribution is -0.270. The lowest BCUT2D eigenvalue weighted by Gasteiger charge is -2.42. The summed E-state index contributed by atoms with van der Waals surface area (Å²) in [6, 6.07) is -3.25. The number of carbonyl (C=O) groups excluding carboxylic acids is 8. The molecule has 1 aliphatic carbocycles. The van der Waals surface area contributed by atoms with Crippen molar-refractivity contribution < 1.29 is 127 Å². The summed E-state index contributed by atoms with van der Waals surface area (Å²) in [6.07, 6.45) is -14.5. The normalized spacial score (nSPS) is 27.9. The minimum Gasteiger partial charge on any atom is -0.396 e. The number of nitrogens with one attached hydrogen (secondary N) is 8. The number of amides is 8. The second-order valence-electron chi connectivity index (χ2n) is 21.3. The highest BCUT2D eigenvalue weighted by Crippen LogP contribution is 2.28. The van der Waals surface area contributed by atoms with Crippen LogP contribution in [-0.4, -0.2) is 297 Å². The molecular formula is C53H94N8O26. The van der Waals surface area contributed by atoms with Gasteiger partial charge < -0.3 is 131 Å². The molecule has 502 valence electrons. The van der Waals surface area contributed by atoms with Crippen LogP contribution in [0.15, 0.2) is 0 Å². The summed E-state index contributed by atoms with van der Waals surface area (Å²) in [5.74, 6) is -4.70. The van der Waals surface area contributed by atoms with E-state index in [2.05, 4.69) is 42.5 Å². The average Bonchev–Trinajstić information content (AvgIpc) is 3.24. The molecule has 0 aromatic carbocycles. The van der Waals surface area contributed by atoms with Gasteiger partial charge in [0.15, 0.2) is 12.6 Å². The first-order valence-corrected chi connectivity index (χ1v) is 29.0. The van der Waals surface area contributed by atoms with Crippen molar-refractivity contribution in [1.29, 1.82) is 0 Å². The van der Waals surface area contributed by atoms with Gasteiger partial charge >= 0.3 is 0 Å². The van der Waals surface area contributed by atoms with Crippen molar-refractivity contribution in [3.8, 4) is 0 Å². The summed E-state index contributed by atoms with van der Waals surface area (Å²) in [5.41, 5.74) is -1.56. The molecular weight excluding hydrogens is 1160 g/mol. The number of ether oxygens (including phenoxy) is 9. The van der Waals surface area contributed by atoms with Gasteiger partial charge in [0, 0.05) is 98.8 Å². The van der Waals surface area contributed by atoms with Crippen LogP contribution in [0.4, 0.5) is 0 Å². The van der Waals surface area contributed by atoms with Crippen molar-refractivity contribution in [2.24, 2.45) is 5.92 Å². The predicted octanol–water partition coefficient (Wildman–Crippen LogP) is -8.37. The molecule has 6 unspecified atom stereocenters. The molecule has 3 aliphatic rings. The fourth-order valence-corrected chi connectivity index (χ4v) is 9.44. The molecule has 3 fully saturated rings. The smallest absolute Gasteiger partial charge is 0.222 e. The molecule has 17 N–H and O–H groups in total. The Morgan fingerprint density at radius 1 is 0.460 bits per heavy atom. The van der Waals surface area contributed by atoms with Gasteiger partial charge in [-0.25, -0.2) is 0 Å². The third-order valence-electron chi connectivity index (χ3n) is 14.0. The quantitative estimate of drug-likeness (QED) is 0.0199. The van der Waals surface area contributed by atoms with Crippen LogP contribution in [0.2, 0.25) is 0 Å². The Bertz CT molecular complexity index is 1900. The number of rotatable bonds is 42. The molecule has 15 atom stereocenters. The van der Waals surface area contributed by atoms with Gasteiger partial charge in [0.25, 0.3) is 0 Å². The first-order chi connectivity index (χ1) is 41.5. The zero-order chi connectivity index (χ0) is 64.5. The molecule has 3 rings (SSSR count). The molecule has 0 aromatic rings. The number of hydrogen-bond donors (Lipinski definition) is 17. The van der Waals surface area contributed by atoms with E-state index in [0.717, 1.165) is 0 Å². The van der Waals surface area contributed by atoms with Gasteiger partial charge in [-0.1, -0.05) is 0 Å². The third kappa shape index (κ3) is 27.8. The van der Waals surface area contributed by atoms with E-state index in [1.54, 1.807) is 0 Å². The van der Waals surface area contributed by atoms with E-state index in [9.17, 15) is 84.3 Å². The zero-order valence-electron chi connectivity index (χ0n) is 49.8. The van der Waals surface area contributed by atoms with Gasteiger partial charge in [0.05, 0.1) is 84.3 Å². The average molecular weight is 1260 g/mol. The van der Waals surface area contributed by atoms with Crippen LogP contribution in [0.25, 0.3) is 0 Å². The molecule has 0 bridgehead atoms. The first-order valence-electron chi connectivity index (χ1n) is 29.0. The molecule has 0 aromatic heterocycles. The molecule has 34 nitrogen and oxygen atoms in total. The van der Waals surface area contributed by atoms with E-state index in [1.165, 1.54) is 27.9 Å². The van der Waals surface area contributed by atoms with Crippen LogP contribution < -0.4 is 42.5 Å². The fraction of sp³-hybridized carbons (Fsp3) is 0.849. The van der Waals surface area contributed by atoms with Crippen molar-refractivity contribution in [3.63, 3.8) is 0 Å². The molecule has 8 amide bonds. The lowest BCUT2D eigenvalue weighted by atomic mass is 9.79. The summed E-state index contributed by atoms with van der Waals surface area (Å²) < 4.78 is 51.1. The molecule has 34 heteroatoms. The van der Waals surface area contributed by atoms with Crippen LogP contribution in [-0.2, 0) is 81.0 Å². The number of aliphatic hydroxyl groups is 9. The van der Waals surface area contributed by atoms with Crippen LogP contribution >= 0.6 is 0 Å². The standard InChI is InChI=1S/C53H94N8O26/c1-30(65)58-42-34(22-33(23-62)45(73)48(42)76)83-16-5-13-54-38(69)10-19-80-26-53(61-41(72)9-8-37(68)57-29-79-4,27-81-20-11-39(70)55-14-6-17-84-51-43(59-31(2)66)49(77)46(74)35(24-63)86-51)28-82-21-12-40(71)56-15-7-18-85-52-44(60-32(3)67)50(78)47(75)36(25-64)87-52/h33-36,42-52,62-64,73-78H,5-29H2,1-4H3,(H,54,69)(H,55,70)(H,56,71)(H,57,68)(H,58,65)(H,59,66)(H,60,67)(H,61,72)/t33?,34-,35?,36?,42?,43?,44?,45+,46+,47+,48-,49-,50-,51-,52-,53?/m1/s1. The van der Waals surface area contributed by atoms with Crippen molar-refractivity contribution in [1.82, 2.24) is 42.5 Å². The number of methoxy groups -OCH3 is 1. The molecule has 2 heterocycles. The Labute approximate surface area is 504 Å². The minimum atomic E-state index is -1.56. The van der Waals surface area contributed by atoms with E-state index in [0.29, 0.717) is 6.42 Å². The largest absolute Gasteiger partial charge is 0.396 e. The molecule has 0 radical (unpaired) electrons. The molecule has 2 saturated heterocycles. The van der Waals surface area contributed by atoms with Gasteiger partial charge in [0.1, 0.15) is 67.1 Å². The fourth-order valence-electron chi connectivity index (χ4n) is 9.44. The Morgan fingerprint density at radius 3 is 1.23 bits per heavy atom. The summed E-state index contributed by atoms with van der Waals surface area (Å²) in [7, 11) is 1.37. The highest BCUT2D eigenvalue weighted by atomic mass is 16.7. The monoisotopic (exact) mass is 1260 g/mol. The molecule has 1 saturated carbocycles. The SMILES string of the molecule is COCNC(=O)CCC(=O)NC(COCCC(=O)NCCCO[C@@H]1OC(CO)[C@H](O)[C@H](O)C1NC(C)=O)(COCCC(=O)NCCCO[C@@H]1OC(CO)[C@H](O)[C@H](O)C1NC(C)=O)COCCC(=O)NCCCO[C@@H]1CC(CO)[C@H](O)[C@H](O)C1NC(C)=O. The molecule has 87 heavy (non-hydrogen) atoms. The van der Waals surface area contributed by atoms with E-state index in [4.69, 9.17) is 42.6 Å². The van der Waals surface area contributed by atoms with E-state index >= 15 is 0 Å². The number of hydrogen-bond acceptors (Lipinski definition) is 26.